The Bertz CT molecular complexity index is 745. The molecule has 0 spiro atoms. The minimum absolute atomic E-state index is 0.00768. The number of halogens is 1. The van der Waals surface area contributed by atoms with Crippen molar-refractivity contribution in [2.45, 2.75) is 6.42 Å². The van der Waals surface area contributed by atoms with Crippen molar-refractivity contribution in [3.63, 3.8) is 0 Å². The van der Waals surface area contributed by atoms with Gasteiger partial charge >= 0.3 is 6.03 Å². The van der Waals surface area contributed by atoms with Gasteiger partial charge in [-0.05, 0) is 36.2 Å². The van der Waals surface area contributed by atoms with Crippen LogP contribution >= 0.6 is 11.6 Å². The van der Waals surface area contributed by atoms with Gasteiger partial charge in [-0.1, -0.05) is 35.9 Å². The van der Waals surface area contributed by atoms with Gasteiger partial charge in [-0.15, -0.1) is 0 Å². The van der Waals surface area contributed by atoms with Gasteiger partial charge < -0.3 is 19.9 Å². The number of carbonyl (C=O) groups excluding carboxylic acids is 1. The van der Waals surface area contributed by atoms with Crippen LogP contribution in [0.25, 0.3) is 0 Å². The molecule has 26 heavy (non-hydrogen) atoms. The number of para-hydroxylation sites is 1. The van der Waals surface area contributed by atoms with Crippen LogP contribution in [0.15, 0.2) is 48.5 Å². The fourth-order valence-electron chi connectivity index (χ4n) is 3.11. The molecule has 2 aromatic rings. The van der Waals surface area contributed by atoms with Gasteiger partial charge in [0.1, 0.15) is 5.75 Å². The van der Waals surface area contributed by atoms with Gasteiger partial charge in [0.2, 0.25) is 0 Å². The standard InChI is InChI=1S/C20H24ClN3O2/c1-26-17-6-4-5-16(15-17)9-10-22-20(25)24-13-11-23(12-14-24)19-8-3-2-7-18(19)21/h2-8,15H,9-14H2,1H3,(H,22,25). The van der Waals surface area contributed by atoms with Gasteiger partial charge in [-0.2, -0.15) is 0 Å². The quantitative estimate of drug-likeness (QED) is 0.873. The number of carbonyl (C=O) groups is 1. The Morgan fingerprint density at radius 2 is 1.88 bits per heavy atom. The minimum Gasteiger partial charge on any atom is -0.497 e. The number of amides is 2. The summed E-state index contributed by atoms with van der Waals surface area (Å²) in [5.41, 5.74) is 2.18. The van der Waals surface area contributed by atoms with Crippen LogP contribution in [0.2, 0.25) is 5.02 Å². The van der Waals surface area contributed by atoms with Crippen molar-refractivity contribution in [1.29, 1.82) is 0 Å². The highest BCUT2D eigenvalue weighted by atomic mass is 35.5. The van der Waals surface area contributed by atoms with Crippen molar-refractivity contribution < 1.29 is 9.53 Å². The lowest BCUT2D eigenvalue weighted by atomic mass is 10.1. The lowest BCUT2D eigenvalue weighted by Gasteiger charge is -2.36. The summed E-state index contributed by atoms with van der Waals surface area (Å²) in [6, 6.07) is 15.7. The number of piperazine rings is 1. The average molecular weight is 374 g/mol. The van der Waals surface area contributed by atoms with Crippen LogP contribution in [0.3, 0.4) is 0 Å². The van der Waals surface area contributed by atoms with Gasteiger partial charge in [-0.25, -0.2) is 4.79 Å². The smallest absolute Gasteiger partial charge is 0.317 e. The summed E-state index contributed by atoms with van der Waals surface area (Å²) in [6.45, 7) is 3.56. The molecule has 1 aliphatic rings. The van der Waals surface area contributed by atoms with E-state index in [0.717, 1.165) is 41.5 Å². The molecule has 2 aromatic carbocycles. The van der Waals surface area contributed by atoms with E-state index in [1.807, 2.05) is 53.4 Å². The Kier molecular flexibility index (Phi) is 6.23. The predicted molar refractivity (Wildman–Crippen MR) is 105 cm³/mol. The normalized spacial score (nSPS) is 14.2. The maximum Gasteiger partial charge on any atom is 0.317 e. The van der Waals surface area contributed by atoms with E-state index in [-0.39, 0.29) is 6.03 Å². The molecule has 1 aliphatic heterocycles. The Balaban J connectivity index is 1.44. The third-order valence-corrected chi connectivity index (χ3v) is 4.90. The van der Waals surface area contributed by atoms with E-state index in [9.17, 15) is 4.79 Å². The number of anilines is 1. The third kappa shape index (κ3) is 4.61. The molecule has 1 fully saturated rings. The Morgan fingerprint density at radius 1 is 1.12 bits per heavy atom. The largest absolute Gasteiger partial charge is 0.497 e. The Labute approximate surface area is 159 Å². The van der Waals surface area contributed by atoms with Crippen molar-refractivity contribution in [2.24, 2.45) is 0 Å². The van der Waals surface area contributed by atoms with E-state index in [2.05, 4.69) is 10.2 Å². The summed E-state index contributed by atoms with van der Waals surface area (Å²) in [4.78, 5) is 16.5. The zero-order chi connectivity index (χ0) is 18.4. The SMILES string of the molecule is COc1cccc(CCNC(=O)N2CCN(c3ccccc3Cl)CC2)c1. The van der Waals surface area contributed by atoms with E-state index in [1.165, 1.54) is 0 Å². The number of ether oxygens (including phenoxy) is 1. The highest BCUT2D eigenvalue weighted by Crippen LogP contribution is 2.26. The first kappa shape index (κ1) is 18.4. The summed E-state index contributed by atoms with van der Waals surface area (Å²) in [6.07, 6.45) is 0.780. The number of hydrogen-bond donors (Lipinski definition) is 1. The highest BCUT2D eigenvalue weighted by molar-refractivity contribution is 6.33. The molecule has 6 heteroatoms. The zero-order valence-electron chi connectivity index (χ0n) is 15.0. The van der Waals surface area contributed by atoms with Crippen molar-refractivity contribution >= 4 is 23.3 Å². The molecular formula is C20H24ClN3O2. The van der Waals surface area contributed by atoms with Crippen molar-refractivity contribution in [2.75, 3.05) is 44.7 Å². The molecule has 0 atom stereocenters. The first-order valence-corrected chi connectivity index (χ1v) is 9.20. The van der Waals surface area contributed by atoms with Gasteiger partial charge in [-0.3, -0.25) is 0 Å². The summed E-state index contributed by atoms with van der Waals surface area (Å²) >= 11 is 6.26. The zero-order valence-corrected chi connectivity index (χ0v) is 15.7. The van der Waals surface area contributed by atoms with E-state index in [1.54, 1.807) is 7.11 Å². The topological polar surface area (TPSA) is 44.8 Å². The summed E-state index contributed by atoms with van der Waals surface area (Å²) in [5, 5.41) is 3.76. The van der Waals surface area contributed by atoms with Crippen LogP contribution in [0, 0.1) is 0 Å². The second kappa shape index (κ2) is 8.81. The molecule has 1 heterocycles. The van der Waals surface area contributed by atoms with E-state index >= 15 is 0 Å². The molecule has 5 nitrogen and oxygen atoms in total. The molecule has 1 N–H and O–H groups in total. The van der Waals surface area contributed by atoms with Gasteiger partial charge in [0.25, 0.3) is 0 Å². The second-order valence-corrected chi connectivity index (χ2v) is 6.67. The van der Waals surface area contributed by atoms with Crippen LogP contribution in [-0.4, -0.2) is 50.8 Å². The van der Waals surface area contributed by atoms with E-state index in [0.29, 0.717) is 19.6 Å². The van der Waals surface area contributed by atoms with Crippen molar-refractivity contribution in [3.05, 3.63) is 59.1 Å². The lowest BCUT2D eigenvalue weighted by Crippen LogP contribution is -2.52. The van der Waals surface area contributed by atoms with Gasteiger partial charge in [0, 0.05) is 32.7 Å². The van der Waals surface area contributed by atoms with Gasteiger partial charge in [0.05, 0.1) is 17.8 Å². The molecule has 3 rings (SSSR count). The van der Waals surface area contributed by atoms with Gasteiger partial charge in [0.15, 0.2) is 0 Å². The molecule has 1 saturated heterocycles. The number of methoxy groups -OCH3 is 1. The fraction of sp³-hybridized carbons (Fsp3) is 0.350. The highest BCUT2D eigenvalue weighted by Gasteiger charge is 2.21. The second-order valence-electron chi connectivity index (χ2n) is 6.26. The first-order valence-electron chi connectivity index (χ1n) is 8.82. The van der Waals surface area contributed by atoms with Crippen molar-refractivity contribution in [1.82, 2.24) is 10.2 Å². The fourth-order valence-corrected chi connectivity index (χ4v) is 3.37. The van der Waals surface area contributed by atoms with Crippen LogP contribution in [0.4, 0.5) is 10.5 Å². The molecule has 0 bridgehead atoms. The number of urea groups is 1. The Hall–Kier alpha value is -2.40. The molecule has 0 radical (unpaired) electrons. The molecule has 2 amide bonds. The molecule has 0 unspecified atom stereocenters. The van der Waals surface area contributed by atoms with Crippen LogP contribution in [0.5, 0.6) is 5.75 Å². The molecule has 0 aliphatic carbocycles. The maximum absolute atomic E-state index is 12.4. The number of nitrogens with zero attached hydrogens (tertiary/aromatic N) is 2. The maximum atomic E-state index is 12.4. The van der Waals surface area contributed by atoms with Crippen molar-refractivity contribution in [3.8, 4) is 5.75 Å². The summed E-state index contributed by atoms with van der Waals surface area (Å²) in [5.74, 6) is 0.838. The first-order chi connectivity index (χ1) is 12.7. The monoisotopic (exact) mass is 373 g/mol. The third-order valence-electron chi connectivity index (χ3n) is 4.58. The Morgan fingerprint density at radius 3 is 2.62 bits per heavy atom. The van der Waals surface area contributed by atoms with Crippen LogP contribution in [-0.2, 0) is 6.42 Å². The molecule has 0 aromatic heterocycles. The van der Waals surface area contributed by atoms with Crippen LogP contribution in [0.1, 0.15) is 5.56 Å². The van der Waals surface area contributed by atoms with E-state index in [4.69, 9.17) is 16.3 Å². The minimum atomic E-state index is -0.00768. The average Bonchev–Trinajstić information content (AvgIpc) is 2.68. The van der Waals surface area contributed by atoms with E-state index < -0.39 is 0 Å². The molecular weight excluding hydrogens is 350 g/mol. The number of hydrogen-bond acceptors (Lipinski definition) is 3. The van der Waals surface area contributed by atoms with Crippen LogP contribution < -0.4 is 15.0 Å². The number of benzene rings is 2. The summed E-state index contributed by atoms with van der Waals surface area (Å²) < 4.78 is 5.22. The predicted octanol–water partition coefficient (Wildman–Crippen LogP) is 3.42. The number of nitrogens with one attached hydrogen (secondary N) is 1. The molecule has 138 valence electrons. The lowest BCUT2D eigenvalue weighted by molar-refractivity contribution is 0.194. The summed E-state index contributed by atoms with van der Waals surface area (Å²) in [7, 11) is 1.66. The number of rotatable bonds is 5. The molecule has 0 saturated carbocycles.